The van der Waals surface area contributed by atoms with Gasteiger partial charge in [0.15, 0.2) is 0 Å². The Labute approximate surface area is 244 Å². The Morgan fingerprint density at radius 1 is 1.05 bits per heavy atom. The maximum Gasteiger partial charge on any atom is 0.329 e. The molecule has 1 aliphatic rings. The van der Waals surface area contributed by atoms with Gasteiger partial charge in [-0.15, -0.1) is 6.08 Å². The molecule has 10 atom stereocenters. The molecule has 38 heavy (non-hydrogen) atoms. The summed E-state index contributed by atoms with van der Waals surface area (Å²) >= 11 is 0. The van der Waals surface area contributed by atoms with Crippen LogP contribution in [0, 0.1) is 36.0 Å². The molecule has 4 N–H and O–H groups in total. The number of aliphatic hydroxyl groups excluding tert-OH is 4. The summed E-state index contributed by atoms with van der Waals surface area (Å²) in [5, 5.41) is 42.2. The van der Waals surface area contributed by atoms with Crippen molar-refractivity contribution in [2.24, 2.45) is 29.6 Å². The first-order valence-electron chi connectivity index (χ1n) is 13.5. The predicted octanol–water partition coefficient (Wildman–Crippen LogP) is 4.71. The molecule has 0 saturated heterocycles. The predicted molar refractivity (Wildman–Crippen MR) is 149 cm³/mol. The Morgan fingerprint density at radius 2 is 1.74 bits per heavy atom. The molecule has 7 heteroatoms. The van der Waals surface area contributed by atoms with Gasteiger partial charge in [-0.1, -0.05) is 71.6 Å². The molecule has 0 fully saturated rings. The van der Waals surface area contributed by atoms with Crippen molar-refractivity contribution in [1.29, 1.82) is 0 Å². The molecule has 0 spiro atoms. The summed E-state index contributed by atoms with van der Waals surface area (Å²) in [6.07, 6.45) is 15.2. The van der Waals surface area contributed by atoms with Crippen molar-refractivity contribution < 1.29 is 51.0 Å². The molecule has 0 saturated carbocycles. The van der Waals surface area contributed by atoms with E-state index in [9.17, 15) is 25.2 Å². The number of carbonyl (C=O) groups excluding carboxylic acids is 1. The summed E-state index contributed by atoms with van der Waals surface area (Å²) in [5.41, 5.74) is 0. The molecule has 0 aromatic rings. The zero-order valence-electron chi connectivity index (χ0n) is 23.6. The summed E-state index contributed by atoms with van der Waals surface area (Å²) in [4.78, 5) is 12.5. The number of carbonyl (C=O) groups is 1. The molecule has 1 rings (SSSR count). The number of aliphatic hydroxyl groups is 4. The molecule has 0 aromatic carbocycles. The Morgan fingerprint density at radius 3 is 2.39 bits per heavy atom. The first kappa shape index (κ1) is 36.6. The first-order valence-corrected chi connectivity index (χ1v) is 13.5. The number of hydrogen-bond donors (Lipinski definition) is 4. The summed E-state index contributed by atoms with van der Waals surface area (Å²) in [6, 6.07) is 0. The van der Waals surface area contributed by atoms with Gasteiger partial charge in [0.25, 0.3) is 0 Å². The minimum atomic E-state index is -0.863. The van der Waals surface area contributed by atoms with E-state index < -0.39 is 36.5 Å². The van der Waals surface area contributed by atoms with Crippen LogP contribution in [-0.4, -0.2) is 56.9 Å². The van der Waals surface area contributed by atoms with Crippen LogP contribution in [0.3, 0.4) is 0 Å². The van der Waals surface area contributed by atoms with E-state index in [1.54, 1.807) is 36.5 Å². The third kappa shape index (κ3) is 14.1. The second kappa shape index (κ2) is 19.6. The molecule has 0 aliphatic carbocycles. The molecule has 0 amide bonds. The van der Waals surface area contributed by atoms with E-state index in [0.29, 0.717) is 6.42 Å². The van der Waals surface area contributed by atoms with E-state index in [4.69, 9.17) is 4.74 Å². The van der Waals surface area contributed by atoms with Crippen LogP contribution >= 0.6 is 0 Å². The fraction of sp³-hybridized carbons (Fsp3) is 0.613. The van der Waals surface area contributed by atoms with E-state index in [1.165, 1.54) is 18.6 Å². The Kier molecular flexibility index (Phi) is 18.9. The van der Waals surface area contributed by atoms with Gasteiger partial charge in [0, 0.05) is 51.0 Å². The zero-order valence-corrected chi connectivity index (χ0v) is 26.5. The number of rotatable bonds is 3. The van der Waals surface area contributed by atoms with E-state index in [-0.39, 0.29) is 57.1 Å². The van der Waals surface area contributed by atoms with Crippen LogP contribution in [0.5, 0.6) is 0 Å². The average Bonchev–Trinajstić information content (AvgIpc) is 2.85. The van der Waals surface area contributed by atoms with Gasteiger partial charge < -0.3 is 25.2 Å². The summed E-state index contributed by atoms with van der Waals surface area (Å²) in [6.45, 7) is 13.6. The van der Waals surface area contributed by atoms with Gasteiger partial charge in [0.1, 0.15) is 6.10 Å². The third-order valence-electron chi connectivity index (χ3n) is 7.21. The van der Waals surface area contributed by atoms with E-state index in [1.807, 2.05) is 33.8 Å². The Hall–Kier alpha value is -1.43. The topological polar surface area (TPSA) is 107 Å². The standard InChI is InChI=1S/C31H49O6.W/c1-7-8-12-23(4)31-25(6)28(34)18-15-21(2)19-24(5)30(36)22(3)16-17-27(33)20-26(32)13-10-9-11-14-29(35)37-31;/h7-14,16-17,21-28,30-34,36H,1,15,18-20H2,2-6H3;/q-1;/b10-9+,12-8-,14-11-,17-16-;/t21-,22-,23-,24-,25-,26+,27+,28?,30-,31?;/m0./s1. The smallest absolute Gasteiger partial charge is 0.329 e. The van der Waals surface area contributed by atoms with E-state index in [0.717, 1.165) is 12.8 Å². The van der Waals surface area contributed by atoms with Crippen molar-refractivity contribution in [1.82, 2.24) is 0 Å². The van der Waals surface area contributed by atoms with Crippen molar-refractivity contribution in [3.05, 3.63) is 67.7 Å². The maximum atomic E-state index is 12.5. The monoisotopic (exact) mass is 701 g/mol. The number of cyclic esters (lactones) is 1. The maximum absolute atomic E-state index is 12.5. The van der Waals surface area contributed by atoms with Crippen LogP contribution in [-0.2, 0) is 30.6 Å². The van der Waals surface area contributed by atoms with Crippen LogP contribution < -0.4 is 0 Å². The molecule has 2 unspecified atom stereocenters. The quantitative estimate of drug-likeness (QED) is 0.147. The van der Waals surface area contributed by atoms with Gasteiger partial charge in [-0.25, -0.2) is 23.4 Å². The summed E-state index contributed by atoms with van der Waals surface area (Å²) < 4.78 is 5.77. The molecule has 216 valence electrons. The number of allylic oxidation sites excluding steroid dienone is 4. The van der Waals surface area contributed by atoms with Crippen LogP contribution in [0.2, 0.25) is 0 Å². The summed E-state index contributed by atoms with van der Waals surface area (Å²) in [7, 11) is 0. The minimum Gasteiger partial charge on any atom is -0.458 e. The second-order valence-corrected chi connectivity index (χ2v) is 10.7. The van der Waals surface area contributed by atoms with E-state index >= 15 is 0 Å². The van der Waals surface area contributed by atoms with Crippen molar-refractivity contribution in [3.8, 4) is 0 Å². The molecule has 6 nitrogen and oxygen atoms in total. The molecule has 0 bridgehead atoms. The normalized spacial score (nSPS) is 38.2. The van der Waals surface area contributed by atoms with Crippen molar-refractivity contribution in [3.63, 3.8) is 0 Å². The van der Waals surface area contributed by atoms with Crippen molar-refractivity contribution in [2.45, 2.75) is 90.8 Å². The number of esters is 1. The molecule has 1 aliphatic heterocycles. The Balaban J connectivity index is 0.0000137. The third-order valence-corrected chi connectivity index (χ3v) is 7.21. The molecule has 0 radical (unpaired) electrons. The fourth-order valence-corrected chi connectivity index (χ4v) is 4.79. The van der Waals surface area contributed by atoms with Gasteiger partial charge in [-0.3, -0.25) is 0 Å². The zero-order chi connectivity index (χ0) is 28.0. The molecule has 0 aromatic heterocycles. The van der Waals surface area contributed by atoms with Gasteiger partial charge >= 0.3 is 5.97 Å². The van der Waals surface area contributed by atoms with Gasteiger partial charge in [-0.05, 0) is 37.5 Å². The van der Waals surface area contributed by atoms with E-state index in [2.05, 4.69) is 13.5 Å². The van der Waals surface area contributed by atoms with Crippen molar-refractivity contribution in [2.75, 3.05) is 0 Å². The average molecular weight is 702 g/mol. The van der Waals surface area contributed by atoms with Crippen LogP contribution in [0.25, 0.3) is 0 Å². The van der Waals surface area contributed by atoms with Crippen LogP contribution in [0.4, 0.5) is 0 Å². The van der Waals surface area contributed by atoms with Crippen LogP contribution in [0.15, 0.2) is 61.3 Å². The largest absolute Gasteiger partial charge is 0.458 e. The van der Waals surface area contributed by atoms with Crippen LogP contribution in [0.1, 0.15) is 60.3 Å². The summed E-state index contributed by atoms with van der Waals surface area (Å²) in [5.74, 6) is -0.754. The van der Waals surface area contributed by atoms with Gasteiger partial charge in [-0.2, -0.15) is 0 Å². The van der Waals surface area contributed by atoms with Gasteiger partial charge in [0.2, 0.25) is 0 Å². The van der Waals surface area contributed by atoms with Crippen molar-refractivity contribution >= 4 is 5.97 Å². The Bertz CT molecular complexity index is 791. The van der Waals surface area contributed by atoms with Gasteiger partial charge in [0.05, 0.1) is 18.3 Å². The fourth-order valence-electron chi connectivity index (χ4n) is 4.79. The minimum absolute atomic E-state index is 0. The molecular formula is C31H49O6W-. The second-order valence-electron chi connectivity index (χ2n) is 10.7. The molecular weight excluding hydrogens is 652 g/mol. The molecule has 1 heterocycles. The SMILES string of the molecule is C=C/C=C\[C@H](C)C1OC(=O)/C=C\C=C\[CH-][C@@H](O)C[C@H](O)/C=C\[C@H](C)[C@H](O)[C@@H](C)C[C@@H](C)CCC(O)[C@@H]1C.[W]. The number of ether oxygens (including phenoxy) is 1. The first-order chi connectivity index (χ1) is 17.5. The number of hydrogen-bond acceptors (Lipinski definition) is 6.